The fourth-order valence-corrected chi connectivity index (χ4v) is 1.71. The van der Waals surface area contributed by atoms with E-state index in [1.54, 1.807) is 30.3 Å². The van der Waals surface area contributed by atoms with Gasteiger partial charge in [-0.2, -0.15) is 4.99 Å². The third-order valence-electron chi connectivity index (χ3n) is 2.68. The van der Waals surface area contributed by atoms with Gasteiger partial charge in [0.15, 0.2) is 6.04 Å². The van der Waals surface area contributed by atoms with E-state index in [9.17, 15) is 14.4 Å². The van der Waals surface area contributed by atoms with Gasteiger partial charge in [-0.25, -0.2) is 9.59 Å². The molecule has 0 spiro atoms. The second-order valence-corrected chi connectivity index (χ2v) is 4.04. The van der Waals surface area contributed by atoms with Crippen molar-refractivity contribution in [2.24, 2.45) is 10.9 Å². The maximum absolute atomic E-state index is 11.1. The highest BCUT2D eigenvalue weighted by Gasteiger charge is 2.27. The molecule has 0 fully saturated rings. The minimum Gasteiger partial charge on any atom is -0.481 e. The van der Waals surface area contributed by atoms with Crippen molar-refractivity contribution in [3.05, 3.63) is 35.9 Å². The summed E-state index contributed by atoms with van der Waals surface area (Å²) in [6.45, 7) is 0. The van der Waals surface area contributed by atoms with Crippen LogP contribution in [0.1, 0.15) is 12.0 Å². The predicted octanol–water partition coefficient (Wildman–Crippen LogP) is 1.11. The number of hydrogen-bond acceptors (Lipinski definition) is 4. The van der Waals surface area contributed by atoms with E-state index in [0.29, 0.717) is 0 Å². The predicted molar refractivity (Wildman–Crippen MR) is 65.4 cm³/mol. The molecule has 0 heterocycles. The van der Waals surface area contributed by atoms with Gasteiger partial charge in [0.1, 0.15) is 0 Å². The Morgan fingerprint density at radius 3 is 2.26 bits per heavy atom. The van der Waals surface area contributed by atoms with E-state index < -0.39 is 23.9 Å². The third-order valence-corrected chi connectivity index (χ3v) is 2.68. The topological polar surface area (TPSA) is 104 Å². The number of isocyanates is 1. The molecule has 0 aliphatic rings. The fraction of sp³-hybridized carbons (Fsp3) is 0.308. The summed E-state index contributed by atoms with van der Waals surface area (Å²) in [7, 11) is 0. The molecule has 0 saturated carbocycles. The monoisotopic (exact) mass is 263 g/mol. The van der Waals surface area contributed by atoms with Gasteiger partial charge in [-0.05, 0) is 18.4 Å². The second-order valence-electron chi connectivity index (χ2n) is 4.04. The number of nitrogens with zero attached hydrogens (tertiary/aromatic N) is 1. The number of carboxylic acid groups (broad SMARTS) is 2. The van der Waals surface area contributed by atoms with Gasteiger partial charge in [0.05, 0.1) is 5.92 Å². The first kappa shape index (κ1) is 14.6. The highest BCUT2D eigenvalue weighted by Crippen LogP contribution is 2.16. The molecule has 6 nitrogen and oxygen atoms in total. The lowest BCUT2D eigenvalue weighted by atomic mass is 9.93. The minimum atomic E-state index is -1.37. The van der Waals surface area contributed by atoms with Gasteiger partial charge in [0.2, 0.25) is 6.08 Å². The van der Waals surface area contributed by atoms with Crippen molar-refractivity contribution < 1.29 is 24.6 Å². The lowest BCUT2D eigenvalue weighted by molar-refractivity contribution is -0.143. The standard InChI is InChI=1S/C13H13NO5/c15-8-14-11(13(18)19)7-10(12(16)17)6-9-4-2-1-3-5-9/h1-5,10-11H,6-7H2,(H,16,17)(H,18,19). The molecular weight excluding hydrogens is 250 g/mol. The van der Waals surface area contributed by atoms with Crippen LogP contribution in [-0.4, -0.2) is 34.3 Å². The van der Waals surface area contributed by atoms with Crippen LogP contribution in [0.25, 0.3) is 0 Å². The Balaban J connectivity index is 2.81. The fourth-order valence-electron chi connectivity index (χ4n) is 1.71. The highest BCUT2D eigenvalue weighted by molar-refractivity contribution is 5.77. The minimum absolute atomic E-state index is 0.189. The number of hydrogen-bond donors (Lipinski definition) is 2. The normalized spacial score (nSPS) is 13.1. The molecule has 0 aliphatic carbocycles. The molecule has 100 valence electrons. The molecule has 0 aromatic heterocycles. The number of carbonyl (C=O) groups is 2. The Kier molecular flexibility index (Phi) is 5.44. The summed E-state index contributed by atoms with van der Waals surface area (Å²) in [6.07, 6.45) is 1.11. The lowest BCUT2D eigenvalue weighted by Gasteiger charge is -2.14. The average Bonchev–Trinajstić information content (AvgIpc) is 2.38. The van der Waals surface area contributed by atoms with E-state index >= 15 is 0 Å². The van der Waals surface area contributed by atoms with Crippen LogP contribution in [0.2, 0.25) is 0 Å². The van der Waals surface area contributed by atoms with Gasteiger partial charge in [0.25, 0.3) is 0 Å². The second kappa shape index (κ2) is 7.08. The van der Waals surface area contributed by atoms with Crippen molar-refractivity contribution in [1.29, 1.82) is 0 Å². The van der Waals surface area contributed by atoms with Gasteiger partial charge in [-0.15, -0.1) is 0 Å². The van der Waals surface area contributed by atoms with Crippen LogP contribution in [0.4, 0.5) is 0 Å². The van der Waals surface area contributed by atoms with Crippen molar-refractivity contribution in [3.63, 3.8) is 0 Å². The maximum atomic E-state index is 11.1. The number of carboxylic acids is 2. The summed E-state index contributed by atoms with van der Waals surface area (Å²) in [5.41, 5.74) is 0.786. The first-order chi connectivity index (χ1) is 9.04. The van der Waals surface area contributed by atoms with Crippen LogP contribution in [0.15, 0.2) is 35.3 Å². The molecule has 0 aliphatic heterocycles. The Hall–Kier alpha value is -2.46. The van der Waals surface area contributed by atoms with Crippen molar-refractivity contribution in [2.45, 2.75) is 18.9 Å². The molecule has 19 heavy (non-hydrogen) atoms. The Morgan fingerprint density at radius 1 is 1.16 bits per heavy atom. The first-order valence-electron chi connectivity index (χ1n) is 5.61. The summed E-state index contributed by atoms with van der Waals surface area (Å²) in [6, 6.07) is 7.49. The molecule has 6 heteroatoms. The number of benzene rings is 1. The zero-order valence-electron chi connectivity index (χ0n) is 10.0. The van der Waals surface area contributed by atoms with Crippen molar-refractivity contribution >= 4 is 18.0 Å². The average molecular weight is 263 g/mol. The number of aliphatic carboxylic acids is 2. The molecule has 1 rings (SSSR count). The van der Waals surface area contributed by atoms with Gasteiger partial charge in [0, 0.05) is 0 Å². The van der Waals surface area contributed by atoms with E-state index in [1.807, 2.05) is 0 Å². The zero-order chi connectivity index (χ0) is 14.3. The Bertz CT molecular complexity index is 491. The van der Waals surface area contributed by atoms with Crippen LogP contribution in [0, 0.1) is 5.92 Å². The smallest absolute Gasteiger partial charge is 0.329 e. The van der Waals surface area contributed by atoms with Gasteiger partial charge < -0.3 is 10.2 Å². The van der Waals surface area contributed by atoms with Crippen LogP contribution in [0.3, 0.4) is 0 Å². The van der Waals surface area contributed by atoms with E-state index in [2.05, 4.69) is 4.99 Å². The quantitative estimate of drug-likeness (QED) is 0.566. The SMILES string of the molecule is O=C=NC(CC(Cc1ccccc1)C(=O)O)C(=O)O. The molecule has 1 aromatic carbocycles. The largest absolute Gasteiger partial charge is 0.481 e. The van der Waals surface area contributed by atoms with Crippen LogP contribution >= 0.6 is 0 Å². The molecule has 1 aromatic rings. The summed E-state index contributed by atoms with van der Waals surface area (Å²) in [5.74, 6) is -3.36. The molecule has 0 bridgehead atoms. The van der Waals surface area contributed by atoms with Crippen molar-refractivity contribution in [2.75, 3.05) is 0 Å². The molecule has 0 saturated heterocycles. The van der Waals surface area contributed by atoms with E-state index in [1.165, 1.54) is 0 Å². The van der Waals surface area contributed by atoms with E-state index in [0.717, 1.165) is 11.6 Å². The number of carbonyl (C=O) groups excluding carboxylic acids is 1. The van der Waals surface area contributed by atoms with Crippen LogP contribution in [-0.2, 0) is 20.8 Å². The molecular formula is C13H13NO5. The summed E-state index contributed by atoms with van der Waals surface area (Å²) >= 11 is 0. The molecule has 0 amide bonds. The Morgan fingerprint density at radius 2 is 1.79 bits per heavy atom. The van der Waals surface area contributed by atoms with Crippen LogP contribution < -0.4 is 0 Å². The lowest BCUT2D eigenvalue weighted by Crippen LogP contribution is -2.27. The zero-order valence-corrected chi connectivity index (χ0v) is 10.0. The molecule has 2 N–H and O–H groups in total. The first-order valence-corrected chi connectivity index (χ1v) is 5.61. The van der Waals surface area contributed by atoms with Crippen molar-refractivity contribution in [1.82, 2.24) is 0 Å². The number of rotatable bonds is 7. The third kappa shape index (κ3) is 4.73. The molecule has 2 unspecified atom stereocenters. The summed E-state index contributed by atoms with van der Waals surface area (Å²) < 4.78 is 0. The maximum Gasteiger partial charge on any atom is 0.329 e. The summed E-state index contributed by atoms with van der Waals surface area (Å²) in [5, 5.41) is 17.9. The molecule has 2 atom stereocenters. The molecule has 0 radical (unpaired) electrons. The van der Waals surface area contributed by atoms with Gasteiger partial charge in [-0.3, -0.25) is 4.79 Å². The van der Waals surface area contributed by atoms with Crippen LogP contribution in [0.5, 0.6) is 0 Å². The summed E-state index contributed by atoms with van der Waals surface area (Å²) in [4.78, 5) is 35.2. The van der Waals surface area contributed by atoms with Gasteiger partial charge >= 0.3 is 11.9 Å². The Labute approximate surface area is 109 Å². The van der Waals surface area contributed by atoms with Crippen molar-refractivity contribution in [3.8, 4) is 0 Å². The van der Waals surface area contributed by atoms with E-state index in [-0.39, 0.29) is 12.8 Å². The van der Waals surface area contributed by atoms with E-state index in [4.69, 9.17) is 10.2 Å². The highest BCUT2D eigenvalue weighted by atomic mass is 16.4. The van der Waals surface area contributed by atoms with Gasteiger partial charge in [-0.1, -0.05) is 30.3 Å². The number of aliphatic imine (C=N–C) groups is 1.